The van der Waals surface area contributed by atoms with E-state index in [1.54, 1.807) is 6.08 Å². The second-order valence-electron chi connectivity index (χ2n) is 3.29. The molecule has 0 aliphatic rings. The Morgan fingerprint density at radius 3 is 2.19 bits per heavy atom. The zero-order valence-corrected chi connectivity index (χ0v) is 9.89. The van der Waals surface area contributed by atoms with Gasteiger partial charge in [-0.25, -0.2) is 0 Å². The predicted molar refractivity (Wildman–Crippen MR) is 56.4 cm³/mol. The second-order valence-corrected chi connectivity index (χ2v) is 3.29. The van der Waals surface area contributed by atoms with Crippen molar-refractivity contribution in [3.8, 4) is 0 Å². The zero-order chi connectivity index (χ0) is 12.8. The molecule has 0 unspecified atom stereocenters. The van der Waals surface area contributed by atoms with Gasteiger partial charge in [-0.05, 0) is 12.0 Å². The molecule has 0 atom stereocenters. The largest absolute Gasteiger partial charge is 0.462 e. The van der Waals surface area contributed by atoms with Crippen LogP contribution < -0.4 is 0 Å². The lowest BCUT2D eigenvalue weighted by Gasteiger charge is -2.03. The minimum Gasteiger partial charge on any atom is -0.462 e. The van der Waals surface area contributed by atoms with Crippen molar-refractivity contribution in [2.45, 2.75) is 20.8 Å². The van der Waals surface area contributed by atoms with Crippen molar-refractivity contribution in [1.29, 1.82) is 0 Å². The lowest BCUT2D eigenvalue weighted by molar-refractivity contribution is -0.191. The van der Waals surface area contributed by atoms with Crippen LogP contribution in [-0.4, -0.2) is 31.9 Å². The molecule has 0 saturated heterocycles. The fourth-order valence-electron chi connectivity index (χ4n) is 0.673. The maximum absolute atomic E-state index is 10.3. The molecule has 0 saturated carbocycles. The lowest BCUT2D eigenvalue weighted by atomic mass is 10.2. The van der Waals surface area contributed by atoms with Crippen LogP contribution in [-0.2, 0) is 23.9 Å². The first-order chi connectivity index (χ1) is 7.54. The Labute approximate surface area is 95.4 Å². The van der Waals surface area contributed by atoms with Gasteiger partial charge in [0.1, 0.15) is 6.61 Å². The molecule has 0 rings (SSSR count). The first-order valence-corrected chi connectivity index (χ1v) is 4.90. The van der Waals surface area contributed by atoms with Gasteiger partial charge in [-0.2, -0.15) is 9.59 Å². The molecule has 0 heterocycles. The molecule has 0 aliphatic carbocycles. The molecule has 0 spiro atoms. The molecule has 0 N–H and O–H groups in total. The summed E-state index contributed by atoms with van der Waals surface area (Å²) < 4.78 is 9.96. The fourth-order valence-corrected chi connectivity index (χ4v) is 0.673. The summed E-state index contributed by atoms with van der Waals surface area (Å²) >= 11 is 0. The summed E-state index contributed by atoms with van der Waals surface area (Å²) in [5.41, 5.74) is 0. The molecular formula is C11H18O5. The summed E-state index contributed by atoms with van der Waals surface area (Å²) in [6, 6.07) is 0. The van der Waals surface area contributed by atoms with Crippen molar-refractivity contribution in [1.82, 2.24) is 0 Å². The van der Waals surface area contributed by atoms with Crippen molar-refractivity contribution >= 4 is 12.1 Å². The van der Waals surface area contributed by atoms with E-state index in [0.717, 1.165) is 6.61 Å². The number of carbonyl (C=O) groups excluding carboxylic acids is 3. The number of rotatable bonds is 6. The lowest BCUT2D eigenvalue weighted by Crippen LogP contribution is -2.02. The van der Waals surface area contributed by atoms with Crippen LogP contribution in [0.2, 0.25) is 0 Å². The van der Waals surface area contributed by atoms with E-state index in [0.29, 0.717) is 19.1 Å². The van der Waals surface area contributed by atoms with Crippen molar-refractivity contribution in [2.24, 2.45) is 5.92 Å². The van der Waals surface area contributed by atoms with Gasteiger partial charge in [-0.15, -0.1) is 0 Å². The van der Waals surface area contributed by atoms with Crippen LogP contribution in [0.4, 0.5) is 0 Å². The topological polar surface area (TPSA) is 69.7 Å². The first kappa shape index (κ1) is 17.0. The SMILES string of the molecule is CC(=O)OC/C=C\COCC(C)C.O=C=O. The van der Waals surface area contributed by atoms with Gasteiger partial charge in [-0.1, -0.05) is 19.9 Å². The highest BCUT2D eigenvalue weighted by Crippen LogP contribution is 1.91. The van der Waals surface area contributed by atoms with Gasteiger partial charge in [0.15, 0.2) is 0 Å². The quantitative estimate of drug-likeness (QED) is 0.389. The van der Waals surface area contributed by atoms with Crippen LogP contribution in [0.25, 0.3) is 0 Å². The van der Waals surface area contributed by atoms with Crippen LogP contribution in [0.3, 0.4) is 0 Å². The van der Waals surface area contributed by atoms with Crippen molar-refractivity contribution in [3.05, 3.63) is 12.2 Å². The Morgan fingerprint density at radius 1 is 1.25 bits per heavy atom. The van der Waals surface area contributed by atoms with Gasteiger partial charge < -0.3 is 9.47 Å². The van der Waals surface area contributed by atoms with E-state index in [4.69, 9.17) is 14.3 Å². The molecule has 5 nitrogen and oxygen atoms in total. The highest BCUT2D eigenvalue weighted by molar-refractivity contribution is 5.65. The predicted octanol–water partition coefficient (Wildman–Crippen LogP) is 1.19. The molecule has 0 radical (unpaired) electrons. The monoisotopic (exact) mass is 230 g/mol. The van der Waals surface area contributed by atoms with Crippen molar-refractivity contribution in [2.75, 3.05) is 19.8 Å². The summed E-state index contributed by atoms with van der Waals surface area (Å²) in [5.74, 6) is 0.301. The minimum atomic E-state index is -0.257. The van der Waals surface area contributed by atoms with Gasteiger partial charge >= 0.3 is 12.1 Å². The zero-order valence-electron chi connectivity index (χ0n) is 9.89. The average Bonchev–Trinajstić information content (AvgIpc) is 2.16. The van der Waals surface area contributed by atoms with Crippen molar-refractivity contribution in [3.63, 3.8) is 0 Å². The summed E-state index contributed by atoms with van der Waals surface area (Å²) in [7, 11) is 0. The van der Waals surface area contributed by atoms with Crippen LogP contribution in [0.15, 0.2) is 12.2 Å². The molecule has 0 aromatic rings. The van der Waals surface area contributed by atoms with E-state index in [2.05, 4.69) is 18.6 Å². The molecule has 92 valence electrons. The van der Waals surface area contributed by atoms with Gasteiger partial charge in [0.25, 0.3) is 0 Å². The van der Waals surface area contributed by atoms with Gasteiger partial charge in [0.05, 0.1) is 6.61 Å². The Morgan fingerprint density at radius 2 is 1.75 bits per heavy atom. The van der Waals surface area contributed by atoms with E-state index in [9.17, 15) is 4.79 Å². The average molecular weight is 230 g/mol. The number of esters is 1. The molecule has 0 aromatic heterocycles. The number of hydrogen-bond acceptors (Lipinski definition) is 5. The summed E-state index contributed by atoms with van der Waals surface area (Å²) in [5, 5.41) is 0. The summed E-state index contributed by atoms with van der Waals surface area (Å²) in [6.45, 7) is 7.27. The Balaban J connectivity index is 0. The molecular weight excluding hydrogens is 212 g/mol. The molecule has 0 bridgehead atoms. The number of carbonyl (C=O) groups is 1. The van der Waals surface area contributed by atoms with Crippen molar-refractivity contribution < 1.29 is 23.9 Å². The van der Waals surface area contributed by atoms with E-state index < -0.39 is 0 Å². The standard InChI is InChI=1S/C10H18O3.CO2/c1-9(2)8-12-6-4-5-7-13-10(3)11;2-1-3/h4-5,9H,6-8H2,1-3H3;/b5-4-;. The minimum absolute atomic E-state index is 0.250. The third-order valence-corrected chi connectivity index (χ3v) is 1.21. The Kier molecular flexibility index (Phi) is 14.4. The summed E-state index contributed by atoms with van der Waals surface area (Å²) in [6.07, 6.45) is 3.88. The molecule has 5 heteroatoms. The third kappa shape index (κ3) is 22.9. The molecule has 0 aromatic carbocycles. The van der Waals surface area contributed by atoms with E-state index in [1.807, 2.05) is 6.08 Å². The normalized spacial score (nSPS) is 9.50. The molecule has 0 fully saturated rings. The van der Waals surface area contributed by atoms with Crippen LogP contribution in [0.1, 0.15) is 20.8 Å². The van der Waals surface area contributed by atoms with E-state index in [-0.39, 0.29) is 12.1 Å². The Hall–Kier alpha value is -1.45. The maximum Gasteiger partial charge on any atom is 0.373 e. The molecule has 0 aliphatic heterocycles. The third-order valence-electron chi connectivity index (χ3n) is 1.21. The van der Waals surface area contributed by atoms with Crippen LogP contribution in [0.5, 0.6) is 0 Å². The van der Waals surface area contributed by atoms with Gasteiger partial charge in [-0.3, -0.25) is 4.79 Å². The second kappa shape index (κ2) is 13.5. The number of ether oxygens (including phenoxy) is 2. The van der Waals surface area contributed by atoms with Crippen LogP contribution in [0, 0.1) is 5.92 Å². The molecule has 16 heavy (non-hydrogen) atoms. The maximum atomic E-state index is 10.3. The van der Waals surface area contributed by atoms with Gasteiger partial charge in [0.2, 0.25) is 0 Å². The molecule has 0 amide bonds. The van der Waals surface area contributed by atoms with Crippen LogP contribution >= 0.6 is 0 Å². The first-order valence-electron chi connectivity index (χ1n) is 4.90. The highest BCUT2D eigenvalue weighted by Gasteiger charge is 1.90. The Bertz CT molecular complexity index is 227. The smallest absolute Gasteiger partial charge is 0.373 e. The van der Waals surface area contributed by atoms with E-state index in [1.165, 1.54) is 6.92 Å². The van der Waals surface area contributed by atoms with Gasteiger partial charge in [0, 0.05) is 13.5 Å². The fraction of sp³-hybridized carbons (Fsp3) is 0.636. The van der Waals surface area contributed by atoms with E-state index >= 15 is 0 Å². The summed E-state index contributed by atoms with van der Waals surface area (Å²) in [4.78, 5) is 26.6. The highest BCUT2D eigenvalue weighted by atomic mass is 16.5. The number of hydrogen-bond donors (Lipinski definition) is 0.